The largest absolute Gasteiger partial charge is 0.465 e. The number of carbonyl (C=O) groups excluding carboxylic acids is 1. The fraction of sp³-hybridized carbons (Fsp3) is 0.148. The van der Waals surface area contributed by atoms with Gasteiger partial charge in [-0.3, -0.25) is 4.79 Å². The van der Waals surface area contributed by atoms with Crippen molar-refractivity contribution in [3.05, 3.63) is 111 Å². The Balaban J connectivity index is 1.68. The number of ether oxygens (including phenoxy) is 1. The van der Waals surface area contributed by atoms with Gasteiger partial charge >= 0.3 is 5.97 Å². The van der Waals surface area contributed by atoms with Crippen LogP contribution in [0.25, 0.3) is 10.9 Å². The Bertz CT molecular complexity index is 1450. The Hall–Kier alpha value is -4.04. The molecule has 4 rings (SSSR count). The van der Waals surface area contributed by atoms with Crippen LogP contribution < -0.4 is 10.9 Å². The quantitative estimate of drug-likeness (QED) is 0.288. The van der Waals surface area contributed by atoms with Crippen molar-refractivity contribution in [3.8, 4) is 0 Å². The Morgan fingerprint density at radius 1 is 1.06 bits per heavy atom. The minimum Gasteiger partial charge on any atom is -0.465 e. The first-order valence-electron chi connectivity index (χ1n) is 10.9. The van der Waals surface area contributed by atoms with Crippen molar-refractivity contribution < 1.29 is 13.9 Å². The number of carbonyl (C=O) groups is 1. The van der Waals surface area contributed by atoms with Crippen LogP contribution in [0.15, 0.2) is 77.6 Å². The summed E-state index contributed by atoms with van der Waals surface area (Å²) in [6.45, 7) is 2.50. The summed E-state index contributed by atoms with van der Waals surface area (Å²) in [5, 5.41) is 4.33. The minimum atomic E-state index is -0.498. The van der Waals surface area contributed by atoms with Crippen LogP contribution in [0.3, 0.4) is 0 Å². The summed E-state index contributed by atoms with van der Waals surface area (Å²) in [6, 6.07) is 20.6. The first-order chi connectivity index (χ1) is 16.8. The predicted octanol–water partition coefficient (Wildman–Crippen LogP) is 5.16. The molecule has 1 aromatic heterocycles. The van der Waals surface area contributed by atoms with Crippen LogP contribution in [-0.4, -0.2) is 28.1 Å². The predicted molar refractivity (Wildman–Crippen MR) is 139 cm³/mol. The number of hydrogen-bond acceptors (Lipinski definition) is 4. The number of rotatable bonds is 6. The Morgan fingerprint density at radius 3 is 2.54 bits per heavy atom. The number of thiocarbonyl (C=S) groups is 1. The number of nitrogens with one attached hydrogen (secondary N) is 2. The van der Waals surface area contributed by atoms with Gasteiger partial charge in [-0.2, -0.15) is 0 Å². The topological polar surface area (TPSA) is 74.4 Å². The average molecular weight is 490 g/mol. The molecule has 178 valence electrons. The summed E-state index contributed by atoms with van der Waals surface area (Å²) >= 11 is 5.70. The molecule has 3 aromatic carbocycles. The van der Waals surface area contributed by atoms with Gasteiger partial charge in [0.1, 0.15) is 5.82 Å². The zero-order valence-corrected chi connectivity index (χ0v) is 20.1. The lowest BCUT2D eigenvalue weighted by Gasteiger charge is -2.26. The minimum absolute atomic E-state index is 0.197. The number of hydrogen-bond donors (Lipinski definition) is 2. The Labute approximate surface area is 207 Å². The number of para-hydroxylation sites is 1. The number of aromatic nitrogens is 1. The van der Waals surface area contributed by atoms with Gasteiger partial charge in [-0.05, 0) is 72.6 Å². The van der Waals surface area contributed by atoms with Gasteiger partial charge in [0.2, 0.25) is 0 Å². The molecule has 0 amide bonds. The number of fused-ring (bicyclic) bond motifs is 1. The third-order valence-electron chi connectivity index (χ3n) is 5.59. The molecule has 0 saturated carbocycles. The van der Waals surface area contributed by atoms with Crippen molar-refractivity contribution in [2.75, 3.05) is 12.4 Å². The third-order valence-corrected chi connectivity index (χ3v) is 5.95. The maximum atomic E-state index is 13.5. The summed E-state index contributed by atoms with van der Waals surface area (Å²) < 4.78 is 18.3. The van der Waals surface area contributed by atoms with E-state index in [1.807, 2.05) is 31.2 Å². The number of aromatic amines is 1. The van der Waals surface area contributed by atoms with Gasteiger partial charge in [-0.25, -0.2) is 9.18 Å². The van der Waals surface area contributed by atoms with Gasteiger partial charge in [-0.1, -0.05) is 35.9 Å². The molecule has 0 aliphatic carbocycles. The SMILES string of the molecule is COC(=O)c1ccccc1NC(=S)N(Cc1ccc(F)cc1)Cc1cc2cc(C)ccc2[nH]c1=O. The molecular weight excluding hydrogens is 465 g/mol. The molecule has 0 saturated heterocycles. The lowest BCUT2D eigenvalue weighted by molar-refractivity contribution is 0.0602. The molecule has 0 fully saturated rings. The number of nitrogens with zero attached hydrogens (tertiary/aromatic N) is 1. The molecule has 2 N–H and O–H groups in total. The number of esters is 1. The zero-order valence-electron chi connectivity index (χ0n) is 19.3. The van der Waals surface area contributed by atoms with Crippen molar-refractivity contribution in [2.45, 2.75) is 20.0 Å². The van der Waals surface area contributed by atoms with E-state index in [2.05, 4.69) is 10.3 Å². The third kappa shape index (κ3) is 5.73. The van der Waals surface area contributed by atoms with E-state index in [-0.39, 0.29) is 17.9 Å². The van der Waals surface area contributed by atoms with Crippen LogP contribution in [0, 0.1) is 12.7 Å². The summed E-state index contributed by atoms with van der Waals surface area (Å²) in [4.78, 5) is 29.8. The molecule has 0 unspecified atom stereocenters. The van der Waals surface area contributed by atoms with Gasteiger partial charge in [0, 0.05) is 17.6 Å². The van der Waals surface area contributed by atoms with Crippen LogP contribution in [0.5, 0.6) is 0 Å². The van der Waals surface area contributed by atoms with E-state index in [4.69, 9.17) is 17.0 Å². The standard InChI is InChI=1S/C27H24FN3O3S/c1-17-7-12-23-19(13-17)14-20(25(32)29-23)16-31(15-18-8-10-21(28)11-9-18)27(35)30-24-6-4-3-5-22(24)26(33)34-2/h3-14H,15-16H2,1-2H3,(H,29,32)(H,30,35). The second kappa shape index (κ2) is 10.5. The van der Waals surface area contributed by atoms with Gasteiger partial charge in [-0.15, -0.1) is 0 Å². The molecular formula is C27H24FN3O3S. The molecule has 0 aliphatic rings. The number of anilines is 1. The van der Waals surface area contributed by atoms with Crippen LogP contribution in [0.1, 0.15) is 27.0 Å². The van der Waals surface area contributed by atoms with E-state index in [9.17, 15) is 14.0 Å². The molecule has 0 atom stereocenters. The summed E-state index contributed by atoms with van der Waals surface area (Å²) in [7, 11) is 1.31. The van der Waals surface area contributed by atoms with Gasteiger partial charge in [0.15, 0.2) is 5.11 Å². The smallest absolute Gasteiger partial charge is 0.339 e. The van der Waals surface area contributed by atoms with Crippen LogP contribution >= 0.6 is 12.2 Å². The molecule has 8 heteroatoms. The maximum Gasteiger partial charge on any atom is 0.339 e. The summed E-state index contributed by atoms with van der Waals surface area (Å²) in [5.41, 5.74) is 3.76. The fourth-order valence-electron chi connectivity index (χ4n) is 3.78. The highest BCUT2D eigenvalue weighted by atomic mass is 32.1. The van der Waals surface area contributed by atoms with Crippen molar-refractivity contribution in [2.24, 2.45) is 0 Å². The lowest BCUT2D eigenvalue weighted by Crippen LogP contribution is -2.36. The normalized spacial score (nSPS) is 10.7. The average Bonchev–Trinajstić information content (AvgIpc) is 2.85. The van der Waals surface area contributed by atoms with Crippen LogP contribution in [-0.2, 0) is 17.8 Å². The molecule has 0 spiro atoms. The first kappa shape index (κ1) is 24.1. The highest BCUT2D eigenvalue weighted by Crippen LogP contribution is 2.20. The first-order valence-corrected chi connectivity index (χ1v) is 11.3. The molecule has 4 aromatic rings. The van der Waals surface area contributed by atoms with Gasteiger partial charge in [0.05, 0.1) is 24.9 Å². The monoisotopic (exact) mass is 489 g/mol. The van der Waals surface area contributed by atoms with Crippen molar-refractivity contribution in [1.29, 1.82) is 0 Å². The second-order valence-electron chi connectivity index (χ2n) is 8.16. The molecule has 0 aliphatic heterocycles. The van der Waals surface area contributed by atoms with E-state index < -0.39 is 5.97 Å². The van der Waals surface area contributed by atoms with E-state index in [1.54, 1.807) is 41.3 Å². The van der Waals surface area contributed by atoms with E-state index in [0.717, 1.165) is 22.0 Å². The molecule has 0 radical (unpaired) electrons. The van der Waals surface area contributed by atoms with E-state index >= 15 is 0 Å². The zero-order chi connectivity index (χ0) is 24.9. The number of methoxy groups -OCH3 is 1. The van der Waals surface area contributed by atoms with E-state index in [0.29, 0.717) is 28.5 Å². The molecule has 1 heterocycles. The van der Waals surface area contributed by atoms with Crippen molar-refractivity contribution >= 4 is 39.9 Å². The Kier molecular flexibility index (Phi) is 7.22. The van der Waals surface area contributed by atoms with Gasteiger partial charge < -0.3 is 19.9 Å². The van der Waals surface area contributed by atoms with E-state index in [1.165, 1.54) is 19.2 Å². The maximum absolute atomic E-state index is 13.5. The number of halogens is 1. The highest BCUT2D eigenvalue weighted by molar-refractivity contribution is 7.80. The lowest BCUT2D eigenvalue weighted by atomic mass is 10.1. The number of aryl methyl sites for hydroxylation is 1. The number of H-pyrrole nitrogens is 1. The number of benzene rings is 3. The Morgan fingerprint density at radius 2 is 1.80 bits per heavy atom. The van der Waals surface area contributed by atoms with Crippen molar-refractivity contribution in [1.82, 2.24) is 9.88 Å². The number of pyridine rings is 1. The molecule has 0 bridgehead atoms. The summed E-state index contributed by atoms with van der Waals surface area (Å²) in [5.74, 6) is -0.836. The van der Waals surface area contributed by atoms with Crippen molar-refractivity contribution in [3.63, 3.8) is 0 Å². The second-order valence-corrected chi connectivity index (χ2v) is 8.55. The highest BCUT2D eigenvalue weighted by Gasteiger charge is 2.18. The molecule has 35 heavy (non-hydrogen) atoms. The van der Waals surface area contributed by atoms with Crippen LogP contribution in [0.2, 0.25) is 0 Å². The van der Waals surface area contributed by atoms with Crippen LogP contribution in [0.4, 0.5) is 10.1 Å². The summed E-state index contributed by atoms with van der Waals surface area (Å²) in [6.07, 6.45) is 0. The fourth-order valence-corrected chi connectivity index (χ4v) is 4.02. The molecule has 6 nitrogen and oxygen atoms in total. The van der Waals surface area contributed by atoms with Gasteiger partial charge in [0.25, 0.3) is 5.56 Å².